The van der Waals surface area contributed by atoms with E-state index in [1.807, 2.05) is 4.90 Å². The van der Waals surface area contributed by atoms with Gasteiger partial charge in [-0.3, -0.25) is 28.9 Å². The van der Waals surface area contributed by atoms with Crippen LogP contribution in [0.2, 0.25) is 0 Å². The first kappa shape index (κ1) is 19.5. The summed E-state index contributed by atoms with van der Waals surface area (Å²) in [5.74, 6) is -1.82. The molecule has 27 heavy (non-hydrogen) atoms. The fraction of sp³-hybridized carbons (Fsp3) is 0.750. The van der Waals surface area contributed by atoms with Gasteiger partial charge in [-0.1, -0.05) is 0 Å². The molecule has 3 aliphatic heterocycles. The number of aliphatic hydroxyl groups excluding tert-OH is 1. The van der Waals surface area contributed by atoms with Gasteiger partial charge in [0.15, 0.2) is 0 Å². The topological polar surface area (TPSA) is 154 Å². The molecule has 0 aromatic carbocycles. The number of nitrogens with zero attached hydrogens (tertiary/aromatic N) is 2. The first-order chi connectivity index (χ1) is 12.9. The molecular formula is C16H25N5O6. The van der Waals surface area contributed by atoms with Crippen LogP contribution in [0.15, 0.2) is 0 Å². The molecule has 4 amide bonds. The second kappa shape index (κ2) is 8.19. The van der Waals surface area contributed by atoms with Gasteiger partial charge < -0.3 is 21.1 Å². The summed E-state index contributed by atoms with van der Waals surface area (Å²) in [6.07, 6.45) is 2.51. The largest absolute Gasteiger partial charge is 0.394 e. The predicted molar refractivity (Wildman–Crippen MR) is 90.6 cm³/mol. The number of hydrogen-bond acceptors (Lipinski definition) is 7. The number of primary amides is 1. The minimum atomic E-state index is -1.18. The summed E-state index contributed by atoms with van der Waals surface area (Å²) in [4.78, 5) is 57.1. The van der Waals surface area contributed by atoms with Gasteiger partial charge >= 0.3 is 0 Å². The Balaban J connectivity index is 1.68. The summed E-state index contributed by atoms with van der Waals surface area (Å²) in [5.41, 5.74) is 7.44. The normalized spacial score (nSPS) is 29.6. The average molecular weight is 383 g/mol. The summed E-state index contributed by atoms with van der Waals surface area (Å²) in [6.45, 7) is 0.615. The van der Waals surface area contributed by atoms with Crippen LogP contribution in [0.1, 0.15) is 25.7 Å². The van der Waals surface area contributed by atoms with Crippen molar-refractivity contribution in [1.29, 1.82) is 0 Å². The van der Waals surface area contributed by atoms with Crippen LogP contribution in [-0.4, -0.2) is 89.0 Å². The molecular weight excluding hydrogens is 358 g/mol. The van der Waals surface area contributed by atoms with E-state index < -0.39 is 42.6 Å². The van der Waals surface area contributed by atoms with Gasteiger partial charge in [0.2, 0.25) is 17.7 Å². The summed E-state index contributed by atoms with van der Waals surface area (Å²) >= 11 is 0. The zero-order chi connectivity index (χ0) is 19.6. The molecule has 3 aliphatic rings. The number of nitrogens with one attached hydrogen (secondary N) is 2. The van der Waals surface area contributed by atoms with Crippen LogP contribution < -0.4 is 16.5 Å². The summed E-state index contributed by atoms with van der Waals surface area (Å²) in [5, 5.41) is 11.6. The number of hydrogen-bond donors (Lipinski definition) is 4. The van der Waals surface area contributed by atoms with Gasteiger partial charge in [-0.05, 0) is 32.2 Å². The van der Waals surface area contributed by atoms with Crippen LogP contribution in [0.5, 0.6) is 0 Å². The lowest BCUT2D eigenvalue weighted by Crippen LogP contribution is -2.57. The molecule has 3 rings (SSSR count). The smallest absolute Gasteiger partial charge is 0.263 e. The molecule has 0 radical (unpaired) electrons. The maximum absolute atomic E-state index is 13.1. The molecule has 0 bridgehead atoms. The van der Waals surface area contributed by atoms with Crippen molar-refractivity contribution >= 4 is 23.6 Å². The first-order valence-corrected chi connectivity index (χ1v) is 9.12. The first-order valence-electron chi connectivity index (χ1n) is 9.12. The Hall–Kier alpha value is -2.24. The van der Waals surface area contributed by atoms with E-state index in [1.54, 1.807) is 0 Å². The summed E-state index contributed by atoms with van der Waals surface area (Å²) < 4.78 is 0. The van der Waals surface area contributed by atoms with E-state index in [4.69, 9.17) is 15.7 Å². The fourth-order valence-corrected chi connectivity index (χ4v) is 3.98. The lowest BCUT2D eigenvalue weighted by molar-refractivity contribution is -0.143. The highest BCUT2D eigenvalue weighted by Crippen LogP contribution is 2.27. The Morgan fingerprint density at radius 1 is 1.26 bits per heavy atom. The van der Waals surface area contributed by atoms with E-state index in [0.717, 1.165) is 6.42 Å². The van der Waals surface area contributed by atoms with Crippen molar-refractivity contribution in [1.82, 2.24) is 20.6 Å². The molecule has 3 saturated heterocycles. The summed E-state index contributed by atoms with van der Waals surface area (Å²) in [6, 6.07) is -2.90. The molecule has 0 saturated carbocycles. The number of nitrogens with two attached hydrogens (primary N) is 1. The monoisotopic (exact) mass is 383 g/mol. The molecule has 11 heteroatoms. The van der Waals surface area contributed by atoms with E-state index in [2.05, 4.69) is 10.8 Å². The lowest BCUT2D eigenvalue weighted by Gasteiger charge is -2.32. The lowest BCUT2D eigenvalue weighted by atomic mass is 10.1. The number of carbonyl (C=O) groups is 4. The Morgan fingerprint density at radius 3 is 2.59 bits per heavy atom. The van der Waals surface area contributed by atoms with Gasteiger partial charge in [0.25, 0.3) is 5.91 Å². The molecule has 3 fully saturated rings. The van der Waals surface area contributed by atoms with Gasteiger partial charge in [0, 0.05) is 6.54 Å². The molecule has 5 N–H and O–H groups in total. The summed E-state index contributed by atoms with van der Waals surface area (Å²) in [7, 11) is 0. The van der Waals surface area contributed by atoms with Crippen molar-refractivity contribution in [2.45, 2.75) is 49.9 Å². The number of rotatable bonds is 6. The van der Waals surface area contributed by atoms with Crippen molar-refractivity contribution in [2.75, 3.05) is 26.3 Å². The zero-order valence-electron chi connectivity index (χ0n) is 14.9. The van der Waals surface area contributed by atoms with E-state index in [-0.39, 0.29) is 18.4 Å². The Morgan fingerprint density at radius 2 is 1.96 bits per heavy atom. The quantitative estimate of drug-likeness (QED) is 0.377. The standard InChI is InChI=1S/C16H25N5O6/c17-13(23)9(7-22)18-14(24)10-3-1-6-21(10)16(26)11-4-2-5-20(11)12-8-27-19-15(12)25/h9-12,22H,1-8H2,(H2,17,23)(H,18,24)(H,19,25)/t9-,10-,11-,12-/m0/s1. The van der Waals surface area contributed by atoms with E-state index in [9.17, 15) is 19.2 Å². The van der Waals surface area contributed by atoms with Crippen molar-refractivity contribution in [3.05, 3.63) is 0 Å². The van der Waals surface area contributed by atoms with Gasteiger partial charge in [-0.2, -0.15) is 0 Å². The van der Waals surface area contributed by atoms with Crippen LogP contribution in [0, 0.1) is 0 Å². The van der Waals surface area contributed by atoms with Crippen LogP contribution in [0.4, 0.5) is 0 Å². The van der Waals surface area contributed by atoms with E-state index in [1.165, 1.54) is 4.90 Å². The number of aliphatic hydroxyl groups is 1. The third-order valence-electron chi connectivity index (χ3n) is 5.38. The van der Waals surface area contributed by atoms with Gasteiger partial charge in [0.05, 0.1) is 19.3 Å². The van der Waals surface area contributed by atoms with Crippen molar-refractivity contribution in [3.63, 3.8) is 0 Å². The van der Waals surface area contributed by atoms with Gasteiger partial charge in [0.1, 0.15) is 18.1 Å². The van der Waals surface area contributed by atoms with Crippen molar-refractivity contribution < 1.29 is 29.1 Å². The van der Waals surface area contributed by atoms with Gasteiger partial charge in [-0.25, -0.2) is 5.48 Å². The van der Waals surface area contributed by atoms with Crippen molar-refractivity contribution in [3.8, 4) is 0 Å². The second-order valence-corrected chi connectivity index (χ2v) is 7.02. The number of likely N-dealkylation sites (tertiary alicyclic amines) is 2. The highest BCUT2D eigenvalue weighted by atomic mass is 16.7. The van der Waals surface area contributed by atoms with Crippen molar-refractivity contribution in [2.24, 2.45) is 5.73 Å². The number of hydroxylamine groups is 1. The minimum Gasteiger partial charge on any atom is -0.394 e. The molecule has 0 aromatic heterocycles. The fourth-order valence-electron chi connectivity index (χ4n) is 3.98. The molecule has 150 valence electrons. The van der Waals surface area contributed by atoms with E-state index in [0.29, 0.717) is 32.4 Å². The third kappa shape index (κ3) is 3.89. The van der Waals surface area contributed by atoms with Crippen LogP contribution in [0.25, 0.3) is 0 Å². The predicted octanol–water partition coefficient (Wildman–Crippen LogP) is -3.17. The van der Waals surface area contributed by atoms with Crippen LogP contribution >= 0.6 is 0 Å². The molecule has 0 aromatic rings. The highest BCUT2D eigenvalue weighted by Gasteiger charge is 2.45. The average Bonchev–Trinajstić information content (AvgIpc) is 3.37. The maximum Gasteiger partial charge on any atom is 0.263 e. The minimum absolute atomic E-state index is 0.184. The van der Waals surface area contributed by atoms with Crippen LogP contribution in [0.3, 0.4) is 0 Å². The Bertz CT molecular complexity index is 628. The molecule has 3 heterocycles. The zero-order valence-corrected chi connectivity index (χ0v) is 14.9. The third-order valence-corrected chi connectivity index (χ3v) is 5.38. The van der Waals surface area contributed by atoms with Gasteiger partial charge in [-0.15, -0.1) is 0 Å². The number of amides is 4. The SMILES string of the molecule is NC(=O)[C@H](CO)NC(=O)[C@@H]1CCCN1C(=O)[C@@H]1CCCN1[C@H]1CONC1=O. The molecule has 0 spiro atoms. The number of carbonyl (C=O) groups excluding carboxylic acids is 4. The molecule has 0 unspecified atom stereocenters. The Labute approximate surface area is 156 Å². The highest BCUT2D eigenvalue weighted by molar-refractivity contribution is 5.93. The second-order valence-electron chi connectivity index (χ2n) is 7.02. The van der Waals surface area contributed by atoms with E-state index >= 15 is 0 Å². The molecule has 4 atom stereocenters. The van der Waals surface area contributed by atoms with Crippen LogP contribution in [-0.2, 0) is 24.0 Å². The molecule has 11 nitrogen and oxygen atoms in total. The maximum atomic E-state index is 13.1. The Kier molecular flexibility index (Phi) is 5.92. The molecule has 0 aliphatic carbocycles.